The van der Waals surface area contributed by atoms with Crippen LogP contribution >= 0.6 is 0 Å². The van der Waals surface area contributed by atoms with Crippen molar-refractivity contribution in [3.05, 3.63) is 48.0 Å². The Bertz CT molecular complexity index is 873. The van der Waals surface area contributed by atoms with Crippen LogP contribution < -0.4 is 10.6 Å². The largest absolute Gasteiger partial charge is 0.356 e. The van der Waals surface area contributed by atoms with Gasteiger partial charge in [0.2, 0.25) is 5.91 Å². The van der Waals surface area contributed by atoms with Crippen LogP contribution in [0, 0.1) is 11.7 Å². The van der Waals surface area contributed by atoms with Gasteiger partial charge in [-0.25, -0.2) is 9.07 Å². The van der Waals surface area contributed by atoms with Crippen molar-refractivity contribution in [1.82, 2.24) is 25.3 Å². The number of nitrogens with zero attached hydrogens (tertiary/aromatic N) is 4. The van der Waals surface area contributed by atoms with Crippen LogP contribution in [0.5, 0.6) is 0 Å². The fraction of sp³-hybridized carbons (Fsp3) is 0.450. The first-order valence-electron chi connectivity index (χ1n) is 9.58. The van der Waals surface area contributed by atoms with Crippen LogP contribution in [0.4, 0.5) is 4.39 Å². The maximum Gasteiger partial charge on any atom is 0.223 e. The lowest BCUT2D eigenvalue weighted by molar-refractivity contribution is -0.127. The number of aliphatic imine (C=N–C) groups is 1. The van der Waals surface area contributed by atoms with Gasteiger partial charge in [0.25, 0.3) is 0 Å². The summed E-state index contributed by atoms with van der Waals surface area (Å²) < 4.78 is 14.9. The predicted octanol–water partition coefficient (Wildman–Crippen LogP) is 1.86. The highest BCUT2D eigenvalue weighted by atomic mass is 19.1. The molecule has 0 unspecified atom stereocenters. The molecule has 2 fully saturated rings. The zero-order chi connectivity index (χ0) is 19.7. The minimum Gasteiger partial charge on any atom is -0.356 e. The number of aromatic nitrogens is 2. The van der Waals surface area contributed by atoms with E-state index < -0.39 is 0 Å². The molecule has 28 heavy (non-hydrogen) atoms. The third-order valence-electron chi connectivity index (χ3n) is 5.40. The Morgan fingerprint density at radius 1 is 1.32 bits per heavy atom. The first-order chi connectivity index (χ1) is 13.5. The van der Waals surface area contributed by atoms with Gasteiger partial charge in [0.1, 0.15) is 5.82 Å². The van der Waals surface area contributed by atoms with Gasteiger partial charge in [-0.05, 0) is 37.1 Å². The molecule has 1 saturated carbocycles. The summed E-state index contributed by atoms with van der Waals surface area (Å²) >= 11 is 0. The summed E-state index contributed by atoms with van der Waals surface area (Å²) in [5.74, 6) is 0.736. The SMILES string of the molecule is CN=C(NC[C@@H]1CC(=O)N(C)[C@H]1c1cnn(-c2ccc(F)cc2)c1)NC1CC1. The quantitative estimate of drug-likeness (QED) is 0.610. The van der Waals surface area contributed by atoms with Crippen molar-refractivity contribution in [2.45, 2.75) is 31.3 Å². The molecular weight excluding hydrogens is 359 g/mol. The first kappa shape index (κ1) is 18.5. The van der Waals surface area contributed by atoms with Crippen LogP contribution in [0.15, 0.2) is 41.7 Å². The van der Waals surface area contributed by atoms with Gasteiger partial charge >= 0.3 is 0 Å². The van der Waals surface area contributed by atoms with E-state index in [9.17, 15) is 9.18 Å². The lowest BCUT2D eigenvalue weighted by Crippen LogP contribution is -2.41. The molecule has 8 heteroatoms. The number of carbonyl (C=O) groups excluding carboxylic acids is 1. The molecule has 1 saturated heterocycles. The number of rotatable bonds is 5. The smallest absolute Gasteiger partial charge is 0.223 e. The molecule has 0 spiro atoms. The minimum absolute atomic E-state index is 0.0618. The molecule has 0 bridgehead atoms. The Kier molecular flexibility index (Phi) is 5.02. The number of benzene rings is 1. The van der Waals surface area contributed by atoms with E-state index in [0.717, 1.165) is 17.2 Å². The molecule has 2 N–H and O–H groups in total. The standard InChI is InChI=1S/C20H25FN6O/c1-22-20(25-16-5-6-16)23-10-13-9-18(28)26(2)19(13)14-11-24-27(12-14)17-7-3-15(21)4-8-17/h3-4,7-8,11-13,16,19H,5-6,9-10H2,1-2H3,(H2,22,23,25)/t13-,19+/m0/s1. The molecule has 7 nitrogen and oxygen atoms in total. The van der Waals surface area contributed by atoms with Crippen LogP contribution in [-0.4, -0.2) is 53.2 Å². The number of carbonyl (C=O) groups is 1. The molecule has 1 aromatic heterocycles. The highest BCUT2D eigenvalue weighted by Crippen LogP contribution is 2.36. The third-order valence-corrected chi connectivity index (χ3v) is 5.40. The molecule has 1 amide bonds. The molecule has 2 aliphatic rings. The number of guanidine groups is 1. The van der Waals surface area contributed by atoms with Crippen molar-refractivity contribution in [2.75, 3.05) is 20.6 Å². The van der Waals surface area contributed by atoms with Gasteiger partial charge in [0, 0.05) is 50.8 Å². The van der Waals surface area contributed by atoms with E-state index in [1.807, 2.05) is 13.2 Å². The number of halogens is 1. The van der Waals surface area contributed by atoms with E-state index >= 15 is 0 Å². The van der Waals surface area contributed by atoms with E-state index in [-0.39, 0.29) is 23.7 Å². The molecule has 0 radical (unpaired) electrons. The molecule has 4 rings (SSSR count). The predicted molar refractivity (Wildman–Crippen MR) is 105 cm³/mol. The van der Waals surface area contributed by atoms with Crippen molar-refractivity contribution < 1.29 is 9.18 Å². The van der Waals surface area contributed by atoms with Gasteiger partial charge < -0.3 is 15.5 Å². The number of nitrogens with one attached hydrogen (secondary N) is 2. The number of hydrogen-bond donors (Lipinski definition) is 2. The Labute approximate surface area is 163 Å². The maximum absolute atomic E-state index is 13.2. The molecule has 148 valence electrons. The third kappa shape index (κ3) is 3.85. The maximum atomic E-state index is 13.2. The van der Waals surface area contributed by atoms with Crippen molar-refractivity contribution in [2.24, 2.45) is 10.9 Å². The Morgan fingerprint density at radius 2 is 2.07 bits per heavy atom. The van der Waals surface area contributed by atoms with Gasteiger partial charge in [-0.2, -0.15) is 5.10 Å². The second kappa shape index (κ2) is 7.61. The summed E-state index contributed by atoms with van der Waals surface area (Å²) in [5.41, 5.74) is 1.75. The lowest BCUT2D eigenvalue weighted by Gasteiger charge is -2.24. The van der Waals surface area contributed by atoms with Crippen molar-refractivity contribution >= 4 is 11.9 Å². The van der Waals surface area contributed by atoms with Crippen molar-refractivity contribution in [1.29, 1.82) is 0 Å². The van der Waals surface area contributed by atoms with Crippen molar-refractivity contribution in [3.63, 3.8) is 0 Å². The van der Waals surface area contributed by atoms with Gasteiger partial charge in [0.05, 0.1) is 17.9 Å². The zero-order valence-electron chi connectivity index (χ0n) is 16.1. The van der Waals surface area contributed by atoms with Gasteiger partial charge in [-0.15, -0.1) is 0 Å². The van der Waals surface area contributed by atoms with Crippen molar-refractivity contribution in [3.8, 4) is 5.69 Å². The lowest BCUT2D eigenvalue weighted by atomic mass is 9.96. The molecule has 2 aromatic rings. The molecular formula is C20H25FN6O. The summed E-state index contributed by atoms with van der Waals surface area (Å²) in [5, 5.41) is 11.1. The molecule has 1 aliphatic carbocycles. The summed E-state index contributed by atoms with van der Waals surface area (Å²) in [6.07, 6.45) is 6.54. The Morgan fingerprint density at radius 3 is 2.75 bits per heavy atom. The molecule has 1 aromatic carbocycles. The van der Waals surface area contributed by atoms with Crippen LogP contribution in [0.2, 0.25) is 0 Å². The Hall–Kier alpha value is -2.90. The highest BCUT2D eigenvalue weighted by molar-refractivity contribution is 5.81. The van der Waals surface area contributed by atoms with E-state index in [0.29, 0.717) is 19.0 Å². The number of likely N-dealkylation sites (tertiary alicyclic amines) is 1. The second-order valence-electron chi connectivity index (χ2n) is 7.48. The molecule has 1 aliphatic heterocycles. The second-order valence-corrected chi connectivity index (χ2v) is 7.48. The number of amides is 1. The van der Waals surface area contributed by atoms with Gasteiger partial charge in [0.15, 0.2) is 5.96 Å². The zero-order valence-corrected chi connectivity index (χ0v) is 16.1. The van der Waals surface area contributed by atoms with E-state index in [1.165, 1.54) is 25.0 Å². The van der Waals surface area contributed by atoms with E-state index in [4.69, 9.17) is 0 Å². The highest BCUT2D eigenvalue weighted by Gasteiger charge is 2.39. The minimum atomic E-state index is -0.281. The Balaban J connectivity index is 1.49. The van der Waals surface area contributed by atoms with Crippen LogP contribution in [0.3, 0.4) is 0 Å². The van der Waals surface area contributed by atoms with E-state index in [1.54, 1.807) is 35.0 Å². The van der Waals surface area contributed by atoms with Gasteiger partial charge in [-0.3, -0.25) is 9.79 Å². The average Bonchev–Trinajstić information content (AvgIpc) is 3.30. The average molecular weight is 384 g/mol. The topological polar surface area (TPSA) is 74.5 Å². The van der Waals surface area contributed by atoms with Crippen LogP contribution in [0.25, 0.3) is 5.69 Å². The summed E-state index contributed by atoms with van der Waals surface area (Å²) in [7, 11) is 3.59. The normalized spacial score (nSPS) is 22.6. The fourth-order valence-electron chi connectivity index (χ4n) is 3.70. The van der Waals surface area contributed by atoms with Gasteiger partial charge in [-0.1, -0.05) is 0 Å². The van der Waals surface area contributed by atoms with Crippen LogP contribution in [0.1, 0.15) is 30.9 Å². The summed E-state index contributed by atoms with van der Waals surface area (Å²) in [6, 6.07) is 6.64. The van der Waals surface area contributed by atoms with Crippen LogP contribution in [-0.2, 0) is 4.79 Å². The molecule has 2 heterocycles. The first-order valence-corrected chi connectivity index (χ1v) is 9.58. The molecule has 2 atom stereocenters. The monoisotopic (exact) mass is 384 g/mol. The van der Waals surface area contributed by atoms with E-state index in [2.05, 4.69) is 20.7 Å². The number of hydrogen-bond acceptors (Lipinski definition) is 3. The summed E-state index contributed by atoms with van der Waals surface area (Å²) in [6.45, 7) is 0.648. The summed E-state index contributed by atoms with van der Waals surface area (Å²) in [4.78, 5) is 18.4. The fourth-order valence-corrected chi connectivity index (χ4v) is 3.70.